The number of terminal acetylenes is 1. The lowest BCUT2D eigenvalue weighted by molar-refractivity contribution is -0.130. The van der Waals surface area contributed by atoms with Crippen molar-refractivity contribution in [1.82, 2.24) is 0 Å². The van der Waals surface area contributed by atoms with E-state index in [2.05, 4.69) is 22.4 Å². The molecular formula is C9H7BrO2. The lowest BCUT2D eigenvalue weighted by atomic mass is 10.4. The third kappa shape index (κ3) is 6.84. The second-order valence-electron chi connectivity index (χ2n) is 1.75. The Labute approximate surface area is 79.4 Å². The highest BCUT2D eigenvalue weighted by atomic mass is 79.9. The molecule has 12 heavy (non-hydrogen) atoms. The van der Waals surface area contributed by atoms with Crippen molar-refractivity contribution in [3.05, 3.63) is 34.8 Å². The number of carboxylic acids is 1. The van der Waals surface area contributed by atoms with Crippen LogP contribution in [-0.2, 0) is 4.79 Å². The van der Waals surface area contributed by atoms with E-state index in [1.165, 1.54) is 5.92 Å². The van der Waals surface area contributed by atoms with Crippen molar-refractivity contribution >= 4 is 21.9 Å². The summed E-state index contributed by atoms with van der Waals surface area (Å²) in [7, 11) is 0. The molecule has 1 aromatic rings. The fourth-order valence-corrected chi connectivity index (χ4v) is 0.720. The molecule has 0 atom stereocenters. The smallest absolute Gasteiger partial charge is 0.381 e. The lowest BCUT2D eigenvalue weighted by Crippen LogP contribution is -1.83. The van der Waals surface area contributed by atoms with Crippen molar-refractivity contribution in [2.24, 2.45) is 0 Å². The van der Waals surface area contributed by atoms with Gasteiger partial charge in [-0.25, -0.2) is 4.79 Å². The third-order valence-corrected chi connectivity index (χ3v) is 1.39. The van der Waals surface area contributed by atoms with Gasteiger partial charge >= 0.3 is 5.97 Å². The van der Waals surface area contributed by atoms with Crippen LogP contribution in [0.3, 0.4) is 0 Å². The quantitative estimate of drug-likeness (QED) is 0.689. The van der Waals surface area contributed by atoms with Gasteiger partial charge in [0, 0.05) is 10.4 Å². The molecule has 0 aliphatic carbocycles. The van der Waals surface area contributed by atoms with Crippen LogP contribution < -0.4 is 0 Å². The van der Waals surface area contributed by atoms with E-state index in [9.17, 15) is 0 Å². The van der Waals surface area contributed by atoms with Gasteiger partial charge in [0.15, 0.2) is 0 Å². The zero-order valence-corrected chi connectivity index (χ0v) is 7.78. The largest absolute Gasteiger partial charge is 0.472 e. The van der Waals surface area contributed by atoms with Crippen LogP contribution in [0.15, 0.2) is 34.8 Å². The first kappa shape index (κ1) is 10.7. The number of carbonyl (C=O) groups is 1. The summed E-state index contributed by atoms with van der Waals surface area (Å²) >= 11 is 3.31. The highest BCUT2D eigenvalue weighted by molar-refractivity contribution is 9.10. The van der Waals surface area contributed by atoms with E-state index in [1.807, 2.05) is 30.3 Å². The molecule has 62 valence electrons. The molecule has 1 rings (SSSR count). The predicted molar refractivity (Wildman–Crippen MR) is 50.6 cm³/mol. The monoisotopic (exact) mass is 226 g/mol. The normalized spacial score (nSPS) is 7.33. The summed E-state index contributed by atoms with van der Waals surface area (Å²) in [6.07, 6.45) is 4.32. The van der Waals surface area contributed by atoms with Gasteiger partial charge in [0.1, 0.15) is 0 Å². The Morgan fingerprint density at radius 3 is 2.00 bits per heavy atom. The lowest BCUT2D eigenvalue weighted by Gasteiger charge is -1.80. The van der Waals surface area contributed by atoms with Crippen molar-refractivity contribution < 1.29 is 9.90 Å². The average Bonchev–Trinajstić information content (AvgIpc) is 2.07. The van der Waals surface area contributed by atoms with E-state index < -0.39 is 5.97 Å². The maximum absolute atomic E-state index is 9.13. The molecular weight excluding hydrogens is 220 g/mol. The Morgan fingerprint density at radius 2 is 1.83 bits per heavy atom. The number of rotatable bonds is 0. The second-order valence-corrected chi connectivity index (χ2v) is 2.66. The van der Waals surface area contributed by atoms with Crippen LogP contribution in [-0.4, -0.2) is 11.1 Å². The number of aliphatic carboxylic acids is 1. The zero-order chi connectivity index (χ0) is 9.40. The Balaban J connectivity index is 0.000000217. The van der Waals surface area contributed by atoms with Crippen LogP contribution >= 0.6 is 15.9 Å². The summed E-state index contributed by atoms with van der Waals surface area (Å²) in [5.41, 5.74) is 0. The number of carboxylic acid groups (broad SMARTS) is 1. The Kier molecular flexibility index (Phi) is 5.76. The Bertz CT molecular complexity index is 274. The second kappa shape index (κ2) is 6.44. The molecule has 0 aliphatic rings. The average molecular weight is 227 g/mol. The van der Waals surface area contributed by atoms with Crippen LogP contribution in [0.4, 0.5) is 0 Å². The first-order valence-corrected chi connectivity index (χ1v) is 3.86. The van der Waals surface area contributed by atoms with Crippen LogP contribution in [0.2, 0.25) is 0 Å². The topological polar surface area (TPSA) is 37.3 Å². The first-order chi connectivity index (χ1) is 5.66. The molecule has 0 saturated heterocycles. The SMILES string of the molecule is Brc1ccccc1.C#CC(=O)O. The molecule has 0 heterocycles. The van der Waals surface area contributed by atoms with Crippen molar-refractivity contribution in [3.8, 4) is 12.3 Å². The molecule has 1 aromatic carbocycles. The van der Waals surface area contributed by atoms with E-state index in [-0.39, 0.29) is 0 Å². The van der Waals surface area contributed by atoms with Gasteiger partial charge in [-0.2, -0.15) is 0 Å². The van der Waals surface area contributed by atoms with Gasteiger partial charge in [-0.05, 0) is 12.1 Å². The standard InChI is InChI=1S/C6H5Br.C3H2O2/c7-6-4-2-1-3-5-6;1-2-3(4)5/h1-5H;1H,(H,4,5). The van der Waals surface area contributed by atoms with E-state index in [4.69, 9.17) is 9.90 Å². The minimum Gasteiger partial charge on any atom is -0.472 e. The fourth-order valence-electron chi connectivity index (χ4n) is 0.415. The molecule has 0 fully saturated rings. The Morgan fingerprint density at radius 1 is 1.42 bits per heavy atom. The van der Waals surface area contributed by atoms with Crippen molar-refractivity contribution in [3.63, 3.8) is 0 Å². The van der Waals surface area contributed by atoms with Crippen molar-refractivity contribution in [2.75, 3.05) is 0 Å². The highest BCUT2D eigenvalue weighted by Gasteiger charge is 1.74. The summed E-state index contributed by atoms with van der Waals surface area (Å²) in [6, 6.07) is 9.97. The molecule has 2 nitrogen and oxygen atoms in total. The molecule has 1 N–H and O–H groups in total. The molecule has 0 spiro atoms. The number of hydrogen-bond donors (Lipinski definition) is 1. The first-order valence-electron chi connectivity index (χ1n) is 3.07. The van der Waals surface area contributed by atoms with Gasteiger partial charge in [0.25, 0.3) is 0 Å². The maximum atomic E-state index is 9.13. The van der Waals surface area contributed by atoms with Crippen LogP contribution in [0, 0.1) is 12.3 Å². The van der Waals surface area contributed by atoms with E-state index in [1.54, 1.807) is 0 Å². The third-order valence-electron chi connectivity index (χ3n) is 0.857. The molecule has 0 amide bonds. The van der Waals surface area contributed by atoms with Crippen LogP contribution in [0.1, 0.15) is 0 Å². The van der Waals surface area contributed by atoms with E-state index >= 15 is 0 Å². The minimum atomic E-state index is -1.22. The molecule has 0 radical (unpaired) electrons. The molecule has 0 bridgehead atoms. The van der Waals surface area contributed by atoms with Gasteiger partial charge in [-0.3, -0.25) is 0 Å². The number of hydrogen-bond acceptors (Lipinski definition) is 1. The maximum Gasteiger partial charge on any atom is 0.381 e. The Hall–Kier alpha value is -1.27. The number of halogens is 1. The molecule has 0 aromatic heterocycles. The van der Waals surface area contributed by atoms with Gasteiger partial charge in [0.05, 0.1) is 0 Å². The van der Waals surface area contributed by atoms with Crippen molar-refractivity contribution in [2.45, 2.75) is 0 Å². The summed E-state index contributed by atoms with van der Waals surface area (Å²) < 4.78 is 1.13. The van der Waals surface area contributed by atoms with E-state index in [0.29, 0.717) is 0 Å². The summed E-state index contributed by atoms with van der Waals surface area (Å²) in [4.78, 5) is 9.13. The highest BCUT2D eigenvalue weighted by Crippen LogP contribution is 2.05. The number of benzene rings is 1. The van der Waals surface area contributed by atoms with Gasteiger partial charge in [0.2, 0.25) is 0 Å². The van der Waals surface area contributed by atoms with Crippen molar-refractivity contribution in [1.29, 1.82) is 0 Å². The van der Waals surface area contributed by atoms with Crippen LogP contribution in [0.25, 0.3) is 0 Å². The zero-order valence-electron chi connectivity index (χ0n) is 6.20. The predicted octanol–water partition coefficient (Wildman–Crippen LogP) is 2.15. The molecule has 0 saturated carbocycles. The van der Waals surface area contributed by atoms with E-state index in [0.717, 1.165) is 4.47 Å². The molecule has 3 heteroatoms. The fraction of sp³-hybridized carbons (Fsp3) is 0. The molecule has 0 unspecified atom stereocenters. The van der Waals surface area contributed by atoms with Gasteiger partial charge in [-0.15, -0.1) is 6.42 Å². The van der Waals surface area contributed by atoms with Crippen LogP contribution in [0.5, 0.6) is 0 Å². The summed E-state index contributed by atoms with van der Waals surface area (Å²) in [5.74, 6) is 0.227. The minimum absolute atomic E-state index is 1.13. The summed E-state index contributed by atoms with van der Waals surface area (Å²) in [5, 5.41) is 7.49. The van der Waals surface area contributed by atoms with Gasteiger partial charge < -0.3 is 5.11 Å². The molecule has 0 aliphatic heterocycles. The van der Waals surface area contributed by atoms with Gasteiger partial charge in [-0.1, -0.05) is 34.1 Å². The summed E-state index contributed by atoms with van der Waals surface area (Å²) in [6.45, 7) is 0.